The van der Waals surface area contributed by atoms with Gasteiger partial charge >= 0.3 is 0 Å². The van der Waals surface area contributed by atoms with E-state index in [4.69, 9.17) is 5.73 Å². The summed E-state index contributed by atoms with van der Waals surface area (Å²) in [4.78, 5) is 0. The van der Waals surface area contributed by atoms with Crippen LogP contribution in [-0.4, -0.2) is 0 Å². The highest BCUT2D eigenvalue weighted by Gasteiger charge is 2.11. The van der Waals surface area contributed by atoms with Crippen LogP contribution in [0.4, 0.5) is 0 Å². The summed E-state index contributed by atoms with van der Waals surface area (Å²) in [5.74, 6) is 0.594. The van der Waals surface area contributed by atoms with Crippen LogP contribution >= 0.6 is 0 Å². The molecule has 0 saturated heterocycles. The predicted octanol–water partition coefficient (Wildman–Crippen LogP) is 4.70. The third-order valence-electron chi connectivity index (χ3n) is 3.90. The third-order valence-corrected chi connectivity index (χ3v) is 3.90. The predicted molar refractivity (Wildman–Crippen MR) is 78.6 cm³/mol. The number of hydrogen-bond acceptors (Lipinski definition) is 1. The summed E-state index contributed by atoms with van der Waals surface area (Å²) in [5.41, 5.74) is 10.5. The van der Waals surface area contributed by atoms with Crippen LogP contribution in [0.3, 0.4) is 0 Å². The van der Waals surface area contributed by atoms with Crippen LogP contribution in [0, 0.1) is 0 Å². The lowest BCUT2D eigenvalue weighted by molar-refractivity contribution is 0.628. The van der Waals surface area contributed by atoms with Gasteiger partial charge in [-0.15, -0.1) is 0 Å². The van der Waals surface area contributed by atoms with E-state index in [9.17, 15) is 0 Å². The first-order chi connectivity index (χ1) is 8.66. The van der Waals surface area contributed by atoms with E-state index in [0.717, 1.165) is 6.42 Å². The standard InChI is InChI=1S/C17H25N/c1-13(2)15-8-10-16(11-9-15)17(18)12-14-6-4-3-5-7-14/h6,8-11,13,17H,3-5,7,12,18H2,1-2H3. The SMILES string of the molecule is CC(C)c1ccc(C(N)CC2=CCCCC2)cc1. The van der Waals surface area contributed by atoms with Gasteiger partial charge in [0.2, 0.25) is 0 Å². The van der Waals surface area contributed by atoms with Crippen LogP contribution in [-0.2, 0) is 0 Å². The van der Waals surface area contributed by atoms with Crippen LogP contribution in [0.15, 0.2) is 35.9 Å². The van der Waals surface area contributed by atoms with Crippen molar-refractivity contribution in [2.75, 3.05) is 0 Å². The minimum atomic E-state index is 0.163. The highest BCUT2D eigenvalue weighted by atomic mass is 14.6. The van der Waals surface area contributed by atoms with Gasteiger partial charge in [-0.05, 0) is 49.1 Å². The molecule has 2 N–H and O–H groups in total. The molecule has 0 aliphatic heterocycles. The van der Waals surface area contributed by atoms with E-state index in [2.05, 4.69) is 44.2 Å². The Labute approximate surface area is 111 Å². The largest absolute Gasteiger partial charge is 0.324 e. The zero-order chi connectivity index (χ0) is 13.0. The van der Waals surface area contributed by atoms with Crippen molar-refractivity contribution in [2.45, 2.75) is 57.9 Å². The number of hydrogen-bond donors (Lipinski definition) is 1. The summed E-state index contributed by atoms with van der Waals surface area (Å²) in [5, 5.41) is 0. The van der Waals surface area contributed by atoms with Gasteiger partial charge in [-0.2, -0.15) is 0 Å². The number of rotatable bonds is 4. The van der Waals surface area contributed by atoms with Crippen molar-refractivity contribution >= 4 is 0 Å². The van der Waals surface area contributed by atoms with Crippen LogP contribution in [0.1, 0.15) is 69.0 Å². The van der Waals surface area contributed by atoms with E-state index in [1.165, 1.54) is 36.8 Å². The molecular weight excluding hydrogens is 218 g/mol. The van der Waals surface area contributed by atoms with Crippen molar-refractivity contribution < 1.29 is 0 Å². The molecule has 1 unspecified atom stereocenters. The Morgan fingerprint density at radius 3 is 2.28 bits per heavy atom. The van der Waals surface area contributed by atoms with E-state index >= 15 is 0 Å². The lowest BCUT2D eigenvalue weighted by Gasteiger charge is -2.18. The smallest absolute Gasteiger partial charge is 0.0332 e. The van der Waals surface area contributed by atoms with Crippen LogP contribution < -0.4 is 5.73 Å². The van der Waals surface area contributed by atoms with Crippen LogP contribution in [0.2, 0.25) is 0 Å². The van der Waals surface area contributed by atoms with Gasteiger partial charge in [0.1, 0.15) is 0 Å². The van der Waals surface area contributed by atoms with Crippen molar-refractivity contribution in [2.24, 2.45) is 5.73 Å². The van der Waals surface area contributed by atoms with E-state index in [1.807, 2.05) is 0 Å². The molecule has 18 heavy (non-hydrogen) atoms. The monoisotopic (exact) mass is 243 g/mol. The molecule has 0 heterocycles. The molecule has 0 aromatic heterocycles. The Morgan fingerprint density at radius 1 is 1.06 bits per heavy atom. The fourth-order valence-electron chi connectivity index (χ4n) is 2.62. The topological polar surface area (TPSA) is 26.0 Å². The summed E-state index contributed by atoms with van der Waals surface area (Å²) < 4.78 is 0. The zero-order valence-electron chi connectivity index (χ0n) is 11.7. The minimum Gasteiger partial charge on any atom is -0.324 e. The molecule has 1 heteroatoms. The van der Waals surface area contributed by atoms with Gasteiger partial charge in [-0.3, -0.25) is 0 Å². The van der Waals surface area contributed by atoms with Crippen molar-refractivity contribution in [3.05, 3.63) is 47.0 Å². The second kappa shape index (κ2) is 6.19. The molecule has 98 valence electrons. The highest BCUT2D eigenvalue weighted by Crippen LogP contribution is 2.27. The molecule has 1 aliphatic carbocycles. The Balaban J connectivity index is 1.99. The Kier molecular flexibility index (Phi) is 4.60. The number of allylic oxidation sites excluding steroid dienone is 1. The quantitative estimate of drug-likeness (QED) is 0.762. The Bertz CT molecular complexity index is 400. The second-order valence-corrected chi connectivity index (χ2v) is 5.74. The first-order valence-corrected chi connectivity index (χ1v) is 7.20. The van der Waals surface area contributed by atoms with E-state index in [1.54, 1.807) is 5.57 Å². The summed E-state index contributed by atoms with van der Waals surface area (Å²) >= 11 is 0. The molecule has 1 aromatic carbocycles. The van der Waals surface area contributed by atoms with Gasteiger partial charge in [-0.1, -0.05) is 49.8 Å². The third kappa shape index (κ3) is 3.46. The second-order valence-electron chi connectivity index (χ2n) is 5.74. The van der Waals surface area contributed by atoms with Crippen molar-refractivity contribution in [3.8, 4) is 0 Å². The molecular formula is C17H25N. The summed E-state index contributed by atoms with van der Waals surface area (Å²) in [7, 11) is 0. The van der Waals surface area contributed by atoms with E-state index in [0.29, 0.717) is 5.92 Å². The van der Waals surface area contributed by atoms with Crippen molar-refractivity contribution in [3.63, 3.8) is 0 Å². The Morgan fingerprint density at radius 2 is 1.72 bits per heavy atom. The molecule has 1 atom stereocenters. The molecule has 0 amide bonds. The molecule has 0 radical (unpaired) electrons. The molecule has 0 spiro atoms. The van der Waals surface area contributed by atoms with Gasteiger partial charge in [0.05, 0.1) is 0 Å². The molecule has 0 saturated carbocycles. The van der Waals surface area contributed by atoms with Crippen LogP contribution in [0.5, 0.6) is 0 Å². The first-order valence-electron chi connectivity index (χ1n) is 7.20. The highest BCUT2D eigenvalue weighted by molar-refractivity contribution is 5.27. The number of benzene rings is 1. The first kappa shape index (κ1) is 13.4. The molecule has 0 fully saturated rings. The maximum atomic E-state index is 6.31. The van der Waals surface area contributed by atoms with Gasteiger partial charge in [0.15, 0.2) is 0 Å². The average molecular weight is 243 g/mol. The lowest BCUT2D eigenvalue weighted by Crippen LogP contribution is -2.12. The zero-order valence-corrected chi connectivity index (χ0v) is 11.7. The van der Waals surface area contributed by atoms with Crippen molar-refractivity contribution in [1.29, 1.82) is 0 Å². The van der Waals surface area contributed by atoms with Crippen molar-refractivity contribution in [1.82, 2.24) is 0 Å². The van der Waals surface area contributed by atoms with Gasteiger partial charge in [-0.25, -0.2) is 0 Å². The lowest BCUT2D eigenvalue weighted by atomic mass is 9.91. The Hall–Kier alpha value is -1.08. The maximum Gasteiger partial charge on any atom is 0.0332 e. The fraction of sp³-hybridized carbons (Fsp3) is 0.529. The summed E-state index contributed by atoms with van der Waals surface area (Å²) in [6, 6.07) is 8.99. The molecule has 0 bridgehead atoms. The maximum absolute atomic E-state index is 6.31. The van der Waals surface area contributed by atoms with E-state index in [-0.39, 0.29) is 6.04 Å². The van der Waals surface area contributed by atoms with Crippen LogP contribution in [0.25, 0.3) is 0 Å². The van der Waals surface area contributed by atoms with Gasteiger partial charge in [0.25, 0.3) is 0 Å². The summed E-state index contributed by atoms with van der Waals surface area (Å²) in [6.45, 7) is 4.45. The van der Waals surface area contributed by atoms with E-state index < -0.39 is 0 Å². The molecule has 1 nitrogen and oxygen atoms in total. The summed E-state index contributed by atoms with van der Waals surface area (Å²) in [6.07, 6.45) is 8.60. The number of nitrogens with two attached hydrogens (primary N) is 1. The normalized spacial score (nSPS) is 17.7. The minimum absolute atomic E-state index is 0.163. The average Bonchev–Trinajstić information content (AvgIpc) is 2.40. The molecule has 1 aliphatic rings. The molecule has 1 aromatic rings. The molecule has 2 rings (SSSR count). The fourth-order valence-corrected chi connectivity index (χ4v) is 2.62. The van der Waals surface area contributed by atoms with Gasteiger partial charge in [0, 0.05) is 6.04 Å². The van der Waals surface area contributed by atoms with Gasteiger partial charge < -0.3 is 5.73 Å².